The van der Waals surface area contributed by atoms with Crippen molar-refractivity contribution in [2.45, 2.75) is 37.2 Å². The Morgan fingerprint density at radius 3 is 2.60 bits per heavy atom. The number of rotatable bonds is 6. The summed E-state index contributed by atoms with van der Waals surface area (Å²) in [5.41, 5.74) is 0.235. The number of nitrogens with zero attached hydrogens (tertiary/aromatic N) is 1. The molecule has 0 saturated carbocycles. The van der Waals surface area contributed by atoms with Gasteiger partial charge in [0.15, 0.2) is 6.10 Å². The molecule has 1 N–H and O–H groups in total. The maximum absolute atomic E-state index is 13.2. The number of piperidine rings is 1. The largest absolute Gasteiger partial charge is 0.448 e. The van der Waals surface area contributed by atoms with E-state index in [0.717, 1.165) is 36.7 Å². The number of halogens is 2. The molecule has 3 rings (SSSR count). The molecule has 1 atom stereocenters. The second-order valence-corrected chi connectivity index (χ2v) is 9.97. The Balaban J connectivity index is 1.69. The first-order valence-electron chi connectivity index (χ1n) is 9.24. The minimum absolute atomic E-state index is 0.0787. The van der Waals surface area contributed by atoms with Gasteiger partial charge in [0, 0.05) is 18.8 Å². The number of hydrogen-bond donors (Lipinski definition) is 1. The molecule has 1 saturated heterocycles. The van der Waals surface area contributed by atoms with Crippen molar-refractivity contribution in [2.75, 3.05) is 18.4 Å². The van der Waals surface area contributed by atoms with Gasteiger partial charge in [-0.3, -0.25) is 4.79 Å². The topological polar surface area (TPSA) is 92.8 Å². The van der Waals surface area contributed by atoms with Crippen molar-refractivity contribution in [1.82, 2.24) is 4.31 Å². The molecule has 1 aliphatic heterocycles. The first kappa shape index (κ1) is 22.7. The summed E-state index contributed by atoms with van der Waals surface area (Å²) in [5, 5.41) is 3.80. The van der Waals surface area contributed by atoms with E-state index in [4.69, 9.17) is 16.3 Å². The molecule has 1 fully saturated rings. The van der Waals surface area contributed by atoms with Crippen molar-refractivity contribution in [3.8, 4) is 0 Å². The lowest BCUT2D eigenvalue weighted by Crippen LogP contribution is -2.36. The molecule has 1 amide bonds. The molecule has 2 aromatic rings. The lowest BCUT2D eigenvalue weighted by atomic mass is 10.2. The Bertz CT molecular complexity index is 1050. The Labute approximate surface area is 182 Å². The van der Waals surface area contributed by atoms with Gasteiger partial charge in [0.05, 0.1) is 5.02 Å². The molecule has 162 valence electrons. The Kier molecular flexibility index (Phi) is 7.12. The van der Waals surface area contributed by atoms with Gasteiger partial charge in [0.25, 0.3) is 5.91 Å². The van der Waals surface area contributed by atoms with Crippen LogP contribution in [0.5, 0.6) is 0 Å². The number of esters is 1. The van der Waals surface area contributed by atoms with Crippen LogP contribution in [0.4, 0.5) is 10.1 Å². The molecule has 2 heterocycles. The van der Waals surface area contributed by atoms with E-state index >= 15 is 0 Å². The van der Waals surface area contributed by atoms with Gasteiger partial charge in [-0.1, -0.05) is 18.0 Å². The van der Waals surface area contributed by atoms with Gasteiger partial charge in [0.1, 0.15) is 15.6 Å². The fourth-order valence-corrected chi connectivity index (χ4v) is 5.95. The second kappa shape index (κ2) is 9.42. The number of anilines is 1. The molecular formula is C19H20ClFN2O5S2. The molecule has 7 nitrogen and oxygen atoms in total. The predicted octanol–water partition coefficient (Wildman–Crippen LogP) is 3.90. The number of carbonyl (C=O) groups excluding carboxylic acids is 2. The lowest BCUT2D eigenvalue weighted by Gasteiger charge is -2.25. The average Bonchev–Trinajstić information content (AvgIpc) is 3.22. The van der Waals surface area contributed by atoms with E-state index in [0.29, 0.717) is 13.1 Å². The number of sulfonamides is 1. The third kappa shape index (κ3) is 5.00. The zero-order chi connectivity index (χ0) is 21.9. The molecule has 0 bridgehead atoms. The van der Waals surface area contributed by atoms with E-state index in [2.05, 4.69) is 5.32 Å². The lowest BCUT2D eigenvalue weighted by molar-refractivity contribution is -0.123. The number of hydrogen-bond acceptors (Lipinski definition) is 6. The van der Waals surface area contributed by atoms with Crippen LogP contribution in [0.1, 0.15) is 35.9 Å². The fraction of sp³-hybridized carbons (Fsp3) is 0.368. The zero-order valence-electron chi connectivity index (χ0n) is 16.1. The number of ether oxygens (including phenoxy) is 1. The van der Waals surface area contributed by atoms with Crippen molar-refractivity contribution in [3.63, 3.8) is 0 Å². The maximum atomic E-state index is 13.2. The number of carbonyl (C=O) groups is 2. The normalized spacial score (nSPS) is 16.1. The molecule has 0 radical (unpaired) electrons. The SMILES string of the molecule is CC(OC(=O)c1sccc1S(=O)(=O)N1CCCCC1)C(=O)Nc1ccc(F)c(Cl)c1. The molecule has 1 unspecified atom stereocenters. The first-order chi connectivity index (χ1) is 14.2. The molecule has 30 heavy (non-hydrogen) atoms. The molecule has 0 spiro atoms. The summed E-state index contributed by atoms with van der Waals surface area (Å²) in [5.74, 6) is -2.20. The maximum Gasteiger partial charge on any atom is 0.350 e. The minimum Gasteiger partial charge on any atom is -0.448 e. The van der Waals surface area contributed by atoms with E-state index in [9.17, 15) is 22.4 Å². The summed E-state index contributed by atoms with van der Waals surface area (Å²) in [6, 6.07) is 5.01. The van der Waals surface area contributed by atoms with Gasteiger partial charge >= 0.3 is 5.97 Å². The third-order valence-electron chi connectivity index (χ3n) is 4.59. The number of nitrogens with one attached hydrogen (secondary N) is 1. The molecule has 1 aromatic heterocycles. The number of amides is 1. The van der Waals surface area contributed by atoms with Gasteiger partial charge in [0.2, 0.25) is 10.0 Å². The smallest absolute Gasteiger partial charge is 0.350 e. The van der Waals surface area contributed by atoms with Crippen LogP contribution in [0, 0.1) is 5.82 Å². The van der Waals surface area contributed by atoms with Crippen LogP contribution < -0.4 is 5.32 Å². The van der Waals surface area contributed by atoms with E-state index in [1.165, 1.54) is 34.8 Å². The molecule has 1 aromatic carbocycles. The highest BCUT2D eigenvalue weighted by atomic mass is 35.5. The van der Waals surface area contributed by atoms with E-state index in [-0.39, 0.29) is 20.5 Å². The van der Waals surface area contributed by atoms with Gasteiger partial charge in [-0.05, 0) is 49.4 Å². The van der Waals surface area contributed by atoms with Crippen LogP contribution in [-0.4, -0.2) is 43.8 Å². The molecule has 1 aliphatic rings. The van der Waals surface area contributed by atoms with Crippen LogP contribution in [0.25, 0.3) is 0 Å². The summed E-state index contributed by atoms with van der Waals surface area (Å²) in [7, 11) is -3.82. The highest BCUT2D eigenvalue weighted by Gasteiger charge is 2.32. The van der Waals surface area contributed by atoms with Crippen molar-refractivity contribution in [1.29, 1.82) is 0 Å². The quantitative estimate of drug-likeness (QED) is 0.641. The summed E-state index contributed by atoms with van der Waals surface area (Å²) < 4.78 is 45.6. The highest BCUT2D eigenvalue weighted by Crippen LogP contribution is 2.28. The van der Waals surface area contributed by atoms with Crippen molar-refractivity contribution >= 4 is 50.5 Å². The van der Waals surface area contributed by atoms with Crippen LogP contribution in [-0.2, 0) is 19.6 Å². The minimum atomic E-state index is -3.82. The van der Waals surface area contributed by atoms with Crippen LogP contribution in [0.15, 0.2) is 34.5 Å². The van der Waals surface area contributed by atoms with Crippen LogP contribution >= 0.6 is 22.9 Å². The highest BCUT2D eigenvalue weighted by molar-refractivity contribution is 7.89. The van der Waals surface area contributed by atoms with Gasteiger partial charge in [-0.15, -0.1) is 11.3 Å². The van der Waals surface area contributed by atoms with Crippen LogP contribution in [0.3, 0.4) is 0 Å². The summed E-state index contributed by atoms with van der Waals surface area (Å²) in [6.45, 7) is 2.17. The number of benzene rings is 1. The van der Waals surface area contributed by atoms with Gasteiger partial charge < -0.3 is 10.1 Å². The first-order valence-corrected chi connectivity index (χ1v) is 11.9. The van der Waals surface area contributed by atoms with Crippen molar-refractivity contribution in [2.24, 2.45) is 0 Å². The molecule has 11 heteroatoms. The Hall–Kier alpha value is -2.01. The molecular weight excluding hydrogens is 455 g/mol. The van der Waals surface area contributed by atoms with Crippen LogP contribution in [0.2, 0.25) is 5.02 Å². The summed E-state index contributed by atoms with van der Waals surface area (Å²) in [4.78, 5) is 24.7. The third-order valence-corrected chi connectivity index (χ3v) is 7.84. The Morgan fingerprint density at radius 2 is 1.93 bits per heavy atom. The standard InChI is InChI=1S/C19H20ClFN2O5S2/c1-12(18(24)22-13-5-6-15(21)14(20)11-13)28-19(25)17-16(7-10-29-17)30(26,27)23-8-3-2-4-9-23/h5-7,10-12H,2-4,8-9H2,1H3,(H,22,24). The van der Waals surface area contributed by atoms with Gasteiger partial charge in [-0.25, -0.2) is 17.6 Å². The molecule has 0 aliphatic carbocycles. The second-order valence-electron chi connectivity index (χ2n) is 6.74. The average molecular weight is 475 g/mol. The monoisotopic (exact) mass is 474 g/mol. The van der Waals surface area contributed by atoms with E-state index < -0.39 is 33.8 Å². The predicted molar refractivity (Wildman–Crippen MR) is 112 cm³/mol. The van der Waals surface area contributed by atoms with Crippen molar-refractivity contribution < 1.29 is 27.1 Å². The summed E-state index contributed by atoms with van der Waals surface area (Å²) >= 11 is 6.62. The fourth-order valence-electron chi connectivity index (χ4n) is 2.98. The van der Waals surface area contributed by atoms with E-state index in [1.807, 2.05) is 0 Å². The summed E-state index contributed by atoms with van der Waals surface area (Å²) in [6.07, 6.45) is 1.30. The number of thiophene rings is 1. The van der Waals surface area contributed by atoms with E-state index in [1.54, 1.807) is 0 Å². The zero-order valence-corrected chi connectivity index (χ0v) is 18.4. The van der Waals surface area contributed by atoms with Crippen molar-refractivity contribution in [3.05, 3.63) is 45.4 Å². The Morgan fingerprint density at radius 1 is 1.23 bits per heavy atom. The van der Waals surface area contributed by atoms with Gasteiger partial charge in [-0.2, -0.15) is 4.31 Å².